The first-order valence-electron chi connectivity index (χ1n) is 5.55. The molecule has 3 nitrogen and oxygen atoms in total. The Kier molecular flexibility index (Phi) is 3.68. The van der Waals surface area contributed by atoms with Crippen LogP contribution in [-0.2, 0) is 0 Å². The quantitative estimate of drug-likeness (QED) is 0.904. The number of rotatable bonds is 4. The number of hydrogen-bond donors (Lipinski definition) is 1. The molecular weight excluding hydrogens is 237 g/mol. The van der Waals surface area contributed by atoms with Crippen LogP contribution < -0.4 is 5.32 Å². The summed E-state index contributed by atoms with van der Waals surface area (Å²) in [7, 11) is 0. The third-order valence-corrected chi connectivity index (χ3v) is 3.07. The van der Waals surface area contributed by atoms with Gasteiger partial charge in [0.1, 0.15) is 5.82 Å². The molecule has 1 aromatic heterocycles. The average molecular weight is 251 g/mol. The van der Waals surface area contributed by atoms with E-state index in [-0.39, 0.29) is 5.82 Å². The van der Waals surface area contributed by atoms with E-state index in [1.807, 2.05) is 6.92 Å². The molecular formula is C12H14FN3S. The number of halogens is 1. The van der Waals surface area contributed by atoms with Crippen molar-refractivity contribution >= 4 is 16.7 Å². The van der Waals surface area contributed by atoms with Gasteiger partial charge in [-0.1, -0.05) is 13.0 Å². The predicted octanol–water partition coefficient (Wildman–Crippen LogP) is 3.47. The molecule has 0 saturated heterocycles. The van der Waals surface area contributed by atoms with E-state index in [0.717, 1.165) is 29.2 Å². The molecule has 0 saturated carbocycles. The maximum Gasteiger partial charge on any atom is 0.202 e. The fourth-order valence-electron chi connectivity index (χ4n) is 1.47. The lowest BCUT2D eigenvalue weighted by Gasteiger charge is -2.01. The third kappa shape index (κ3) is 2.79. The van der Waals surface area contributed by atoms with Crippen molar-refractivity contribution in [2.45, 2.75) is 20.3 Å². The lowest BCUT2D eigenvalue weighted by atomic mass is 10.1. The smallest absolute Gasteiger partial charge is 0.202 e. The van der Waals surface area contributed by atoms with E-state index >= 15 is 0 Å². The Labute approximate surface area is 104 Å². The minimum atomic E-state index is -0.261. The van der Waals surface area contributed by atoms with Crippen LogP contribution in [0.25, 0.3) is 11.4 Å². The van der Waals surface area contributed by atoms with Crippen LogP contribution in [0.4, 0.5) is 9.52 Å². The zero-order chi connectivity index (χ0) is 12.3. The van der Waals surface area contributed by atoms with Crippen molar-refractivity contribution in [2.75, 3.05) is 11.9 Å². The second kappa shape index (κ2) is 5.23. The molecule has 5 heteroatoms. The standard InChI is InChI=1S/C12H14FN3S/c1-3-6-14-12-15-11(16-17-12)10-7-9(13)5-4-8(10)2/h4-5,7H,3,6H2,1-2H3,(H,14,15,16). The van der Waals surface area contributed by atoms with Gasteiger partial charge in [-0.3, -0.25) is 0 Å². The first-order chi connectivity index (χ1) is 8.20. The monoisotopic (exact) mass is 251 g/mol. The second-order valence-electron chi connectivity index (χ2n) is 3.81. The minimum absolute atomic E-state index is 0.261. The highest BCUT2D eigenvalue weighted by molar-refractivity contribution is 7.09. The minimum Gasteiger partial charge on any atom is -0.360 e. The van der Waals surface area contributed by atoms with Crippen LogP contribution in [0.2, 0.25) is 0 Å². The normalized spacial score (nSPS) is 10.5. The zero-order valence-electron chi connectivity index (χ0n) is 9.83. The molecule has 1 aromatic carbocycles. The molecule has 0 atom stereocenters. The topological polar surface area (TPSA) is 37.8 Å². The van der Waals surface area contributed by atoms with E-state index in [1.165, 1.54) is 23.7 Å². The summed E-state index contributed by atoms with van der Waals surface area (Å²) in [5.41, 5.74) is 1.73. The molecule has 1 heterocycles. The Morgan fingerprint density at radius 1 is 1.41 bits per heavy atom. The molecule has 0 aliphatic heterocycles. The average Bonchev–Trinajstić information content (AvgIpc) is 2.78. The molecule has 17 heavy (non-hydrogen) atoms. The number of anilines is 1. The van der Waals surface area contributed by atoms with Gasteiger partial charge in [0, 0.05) is 23.6 Å². The van der Waals surface area contributed by atoms with E-state index in [2.05, 4.69) is 21.6 Å². The first kappa shape index (κ1) is 12.0. The summed E-state index contributed by atoms with van der Waals surface area (Å²) >= 11 is 1.30. The summed E-state index contributed by atoms with van der Waals surface area (Å²) in [6.45, 7) is 4.89. The molecule has 2 aromatic rings. The van der Waals surface area contributed by atoms with Gasteiger partial charge in [0.15, 0.2) is 5.82 Å². The van der Waals surface area contributed by atoms with Gasteiger partial charge in [-0.15, -0.1) is 0 Å². The van der Waals surface area contributed by atoms with E-state index in [9.17, 15) is 4.39 Å². The second-order valence-corrected chi connectivity index (χ2v) is 4.56. The van der Waals surface area contributed by atoms with Gasteiger partial charge in [0.2, 0.25) is 5.13 Å². The van der Waals surface area contributed by atoms with E-state index < -0.39 is 0 Å². The highest BCUT2D eigenvalue weighted by atomic mass is 32.1. The Morgan fingerprint density at radius 2 is 2.24 bits per heavy atom. The summed E-state index contributed by atoms with van der Waals surface area (Å²) in [5, 5.41) is 3.95. The number of benzene rings is 1. The molecule has 0 amide bonds. The van der Waals surface area contributed by atoms with Gasteiger partial charge in [-0.25, -0.2) is 4.39 Å². The van der Waals surface area contributed by atoms with Gasteiger partial charge >= 0.3 is 0 Å². The summed E-state index contributed by atoms with van der Waals surface area (Å²) in [6, 6.07) is 4.66. The van der Waals surface area contributed by atoms with Crippen molar-refractivity contribution < 1.29 is 4.39 Å². The maximum absolute atomic E-state index is 13.2. The highest BCUT2D eigenvalue weighted by Gasteiger charge is 2.09. The van der Waals surface area contributed by atoms with Crippen molar-refractivity contribution in [3.8, 4) is 11.4 Å². The molecule has 0 radical (unpaired) electrons. The molecule has 0 aliphatic rings. The zero-order valence-corrected chi connectivity index (χ0v) is 10.6. The number of nitrogens with zero attached hydrogens (tertiary/aromatic N) is 2. The van der Waals surface area contributed by atoms with Gasteiger partial charge in [-0.2, -0.15) is 9.36 Å². The van der Waals surface area contributed by atoms with Crippen LogP contribution in [0, 0.1) is 12.7 Å². The maximum atomic E-state index is 13.2. The van der Waals surface area contributed by atoms with E-state index in [4.69, 9.17) is 0 Å². The van der Waals surface area contributed by atoms with Gasteiger partial charge in [0.25, 0.3) is 0 Å². The van der Waals surface area contributed by atoms with Crippen molar-refractivity contribution in [3.05, 3.63) is 29.6 Å². The molecule has 0 bridgehead atoms. The largest absolute Gasteiger partial charge is 0.360 e. The molecule has 0 spiro atoms. The number of nitrogens with one attached hydrogen (secondary N) is 1. The van der Waals surface area contributed by atoms with Gasteiger partial charge < -0.3 is 5.32 Å². The summed E-state index contributed by atoms with van der Waals surface area (Å²) in [4.78, 5) is 4.35. The Morgan fingerprint density at radius 3 is 3.00 bits per heavy atom. The van der Waals surface area contributed by atoms with Gasteiger partial charge in [-0.05, 0) is 31.0 Å². The molecule has 0 aliphatic carbocycles. The van der Waals surface area contributed by atoms with Gasteiger partial charge in [0.05, 0.1) is 0 Å². The highest BCUT2D eigenvalue weighted by Crippen LogP contribution is 2.24. The number of hydrogen-bond acceptors (Lipinski definition) is 4. The van der Waals surface area contributed by atoms with Crippen molar-refractivity contribution in [3.63, 3.8) is 0 Å². The van der Waals surface area contributed by atoms with Crippen molar-refractivity contribution in [1.82, 2.24) is 9.36 Å². The van der Waals surface area contributed by atoms with E-state index in [1.54, 1.807) is 6.07 Å². The van der Waals surface area contributed by atoms with E-state index in [0.29, 0.717) is 5.82 Å². The molecule has 90 valence electrons. The Bertz CT molecular complexity index is 510. The van der Waals surface area contributed by atoms with Crippen LogP contribution in [0.3, 0.4) is 0 Å². The predicted molar refractivity (Wildman–Crippen MR) is 68.8 cm³/mol. The van der Waals surface area contributed by atoms with Crippen LogP contribution in [0.1, 0.15) is 18.9 Å². The summed E-state index contributed by atoms with van der Waals surface area (Å²) in [6.07, 6.45) is 1.04. The van der Waals surface area contributed by atoms with Crippen molar-refractivity contribution in [2.24, 2.45) is 0 Å². The number of aromatic nitrogens is 2. The Balaban J connectivity index is 2.27. The summed E-state index contributed by atoms with van der Waals surface area (Å²) in [5.74, 6) is 0.328. The molecule has 2 rings (SSSR count). The van der Waals surface area contributed by atoms with Crippen LogP contribution in [-0.4, -0.2) is 15.9 Å². The third-order valence-electron chi connectivity index (χ3n) is 2.39. The lowest BCUT2D eigenvalue weighted by molar-refractivity contribution is 0.628. The van der Waals surface area contributed by atoms with Crippen LogP contribution in [0.15, 0.2) is 18.2 Å². The fraction of sp³-hybridized carbons (Fsp3) is 0.333. The van der Waals surface area contributed by atoms with Crippen LogP contribution >= 0.6 is 11.5 Å². The molecule has 0 fully saturated rings. The fourth-order valence-corrected chi connectivity index (χ4v) is 2.08. The molecule has 0 unspecified atom stereocenters. The summed E-state index contributed by atoms with van der Waals surface area (Å²) < 4.78 is 17.4. The lowest BCUT2D eigenvalue weighted by Crippen LogP contribution is -1.98. The molecule has 1 N–H and O–H groups in total. The number of aryl methyl sites for hydroxylation is 1. The van der Waals surface area contributed by atoms with Crippen LogP contribution in [0.5, 0.6) is 0 Å². The Hall–Kier alpha value is -1.49. The van der Waals surface area contributed by atoms with Crippen molar-refractivity contribution in [1.29, 1.82) is 0 Å². The SMILES string of the molecule is CCCNc1nc(-c2cc(F)ccc2C)ns1. The first-order valence-corrected chi connectivity index (χ1v) is 6.32.